The van der Waals surface area contributed by atoms with E-state index >= 15 is 0 Å². The van der Waals surface area contributed by atoms with E-state index in [9.17, 15) is 18.8 Å². The van der Waals surface area contributed by atoms with Crippen molar-refractivity contribution in [3.63, 3.8) is 0 Å². The molecule has 37 heavy (non-hydrogen) atoms. The number of carbonyl (C=O) groups excluding carboxylic acids is 3. The van der Waals surface area contributed by atoms with Crippen LogP contribution < -0.4 is 14.8 Å². The Morgan fingerprint density at radius 2 is 1.78 bits per heavy atom. The van der Waals surface area contributed by atoms with Gasteiger partial charge in [-0.05, 0) is 100 Å². The number of halogens is 2. The first-order valence-electron chi connectivity index (χ1n) is 11.3. The molecule has 0 unspecified atom stereocenters. The lowest BCUT2D eigenvalue weighted by molar-refractivity contribution is -0.127. The van der Waals surface area contributed by atoms with Gasteiger partial charge in [0.15, 0.2) is 0 Å². The zero-order valence-corrected chi connectivity index (χ0v) is 22.1. The van der Waals surface area contributed by atoms with Gasteiger partial charge in [0, 0.05) is 5.69 Å². The van der Waals surface area contributed by atoms with Crippen molar-refractivity contribution in [1.29, 1.82) is 0 Å². The molecule has 0 bridgehead atoms. The molecule has 1 aliphatic rings. The van der Waals surface area contributed by atoms with Gasteiger partial charge in [-0.3, -0.25) is 19.3 Å². The molecule has 0 aliphatic carbocycles. The van der Waals surface area contributed by atoms with Gasteiger partial charge in [-0.15, -0.1) is 0 Å². The molecule has 0 atom stereocenters. The third-order valence-electron chi connectivity index (χ3n) is 5.19. The maximum absolute atomic E-state index is 13.1. The summed E-state index contributed by atoms with van der Waals surface area (Å²) in [5.41, 5.74) is 2.02. The van der Waals surface area contributed by atoms with E-state index in [1.165, 1.54) is 12.1 Å². The number of ether oxygens (including phenoxy) is 2. The van der Waals surface area contributed by atoms with Gasteiger partial charge in [0.2, 0.25) is 5.91 Å². The van der Waals surface area contributed by atoms with Gasteiger partial charge in [-0.25, -0.2) is 4.39 Å². The first kappa shape index (κ1) is 26.4. The molecule has 0 saturated carbocycles. The Hall–Kier alpha value is -3.63. The molecule has 1 heterocycles. The molecule has 3 aromatic carbocycles. The van der Waals surface area contributed by atoms with Gasteiger partial charge in [0.05, 0.1) is 16.0 Å². The normalized spacial score (nSPS) is 14.2. The molecule has 0 spiro atoms. The second-order valence-corrected chi connectivity index (χ2v) is 9.73. The number of benzene rings is 3. The molecule has 1 aliphatic heterocycles. The van der Waals surface area contributed by atoms with E-state index in [0.29, 0.717) is 33.8 Å². The van der Waals surface area contributed by atoms with E-state index in [1.54, 1.807) is 60.7 Å². The average Bonchev–Trinajstić information content (AvgIpc) is 3.13. The predicted molar refractivity (Wildman–Crippen MR) is 144 cm³/mol. The summed E-state index contributed by atoms with van der Waals surface area (Å²) in [5.74, 6) is -0.0918. The van der Waals surface area contributed by atoms with Crippen LogP contribution in [0.25, 0.3) is 6.08 Å². The number of thioether (sulfide) groups is 1. The molecule has 4 rings (SSSR count). The van der Waals surface area contributed by atoms with Crippen LogP contribution in [0.1, 0.15) is 18.1 Å². The van der Waals surface area contributed by atoms with Gasteiger partial charge >= 0.3 is 0 Å². The number of anilines is 1. The van der Waals surface area contributed by atoms with Crippen molar-refractivity contribution in [3.8, 4) is 11.5 Å². The minimum atomic E-state index is -0.537. The topological polar surface area (TPSA) is 84.9 Å². The summed E-state index contributed by atoms with van der Waals surface area (Å²) in [6.45, 7) is 2.27. The average molecular weight is 585 g/mol. The zero-order chi connectivity index (χ0) is 26.4. The van der Waals surface area contributed by atoms with Crippen LogP contribution in [-0.2, 0) is 16.2 Å². The Kier molecular flexibility index (Phi) is 8.62. The molecule has 3 amide bonds. The summed E-state index contributed by atoms with van der Waals surface area (Å²) < 4.78 is 24.9. The molecule has 1 fully saturated rings. The van der Waals surface area contributed by atoms with Crippen molar-refractivity contribution >= 4 is 56.5 Å². The van der Waals surface area contributed by atoms with Crippen molar-refractivity contribution in [2.75, 3.05) is 18.5 Å². The number of hydrogen-bond donors (Lipinski definition) is 1. The third kappa shape index (κ3) is 6.99. The fourth-order valence-corrected chi connectivity index (χ4v) is 4.75. The predicted octanol–water partition coefficient (Wildman–Crippen LogP) is 6.24. The Morgan fingerprint density at radius 1 is 1.05 bits per heavy atom. The van der Waals surface area contributed by atoms with E-state index in [2.05, 4.69) is 21.2 Å². The highest BCUT2D eigenvalue weighted by Crippen LogP contribution is 2.34. The standard InChI is InChI=1S/C27H22BrFN2O5S/c1-2-35-21-10-8-20(9-11-21)30-25(32)15-31-26(33)24(37-27(31)34)14-18-5-12-23(22(28)13-18)36-16-17-3-6-19(29)7-4-17/h3-14H,2,15-16H2,1H3,(H,30,32)/b24-14+. The largest absolute Gasteiger partial charge is 0.494 e. The second kappa shape index (κ2) is 12.1. The monoisotopic (exact) mass is 584 g/mol. The summed E-state index contributed by atoms with van der Waals surface area (Å²) in [5, 5.41) is 2.16. The molecule has 1 N–H and O–H groups in total. The van der Waals surface area contributed by atoms with E-state index in [0.717, 1.165) is 22.2 Å². The summed E-state index contributed by atoms with van der Waals surface area (Å²) >= 11 is 4.23. The molecule has 0 radical (unpaired) electrons. The van der Waals surface area contributed by atoms with Gasteiger partial charge in [0.1, 0.15) is 30.5 Å². The second-order valence-electron chi connectivity index (χ2n) is 7.88. The van der Waals surface area contributed by atoms with Gasteiger partial charge < -0.3 is 14.8 Å². The lowest BCUT2D eigenvalue weighted by Crippen LogP contribution is -2.36. The SMILES string of the molecule is CCOc1ccc(NC(=O)CN2C(=O)S/C(=C/c3ccc(OCc4ccc(F)cc4)c(Br)c3)C2=O)cc1. The molecular formula is C27H22BrFN2O5S. The smallest absolute Gasteiger partial charge is 0.294 e. The highest BCUT2D eigenvalue weighted by Gasteiger charge is 2.36. The Balaban J connectivity index is 1.36. The Labute approximate surface area is 225 Å². The molecule has 0 aromatic heterocycles. The lowest BCUT2D eigenvalue weighted by Gasteiger charge is -2.13. The van der Waals surface area contributed by atoms with Crippen LogP contribution in [0.3, 0.4) is 0 Å². The first-order chi connectivity index (χ1) is 17.8. The van der Waals surface area contributed by atoms with Crippen molar-refractivity contribution < 1.29 is 28.2 Å². The quantitative estimate of drug-likeness (QED) is 0.300. The summed E-state index contributed by atoms with van der Waals surface area (Å²) in [6.07, 6.45) is 1.59. The van der Waals surface area contributed by atoms with Crippen LogP contribution in [-0.4, -0.2) is 35.1 Å². The van der Waals surface area contributed by atoms with Crippen LogP contribution >= 0.6 is 27.7 Å². The number of nitrogens with one attached hydrogen (secondary N) is 1. The van der Waals surface area contributed by atoms with Crippen molar-refractivity contribution in [3.05, 3.63) is 93.1 Å². The maximum Gasteiger partial charge on any atom is 0.294 e. The lowest BCUT2D eigenvalue weighted by atomic mass is 10.2. The number of hydrogen-bond acceptors (Lipinski definition) is 6. The highest BCUT2D eigenvalue weighted by molar-refractivity contribution is 9.10. The van der Waals surface area contributed by atoms with E-state index in [1.807, 2.05) is 6.92 Å². The van der Waals surface area contributed by atoms with E-state index < -0.39 is 23.6 Å². The van der Waals surface area contributed by atoms with E-state index in [-0.39, 0.29) is 17.3 Å². The number of rotatable bonds is 9. The molecule has 10 heteroatoms. The summed E-state index contributed by atoms with van der Waals surface area (Å²) in [6, 6.07) is 18.1. The van der Waals surface area contributed by atoms with Crippen LogP contribution in [0, 0.1) is 5.82 Å². The summed E-state index contributed by atoms with van der Waals surface area (Å²) in [4.78, 5) is 38.8. The van der Waals surface area contributed by atoms with Gasteiger partial charge in [0.25, 0.3) is 11.1 Å². The fourth-order valence-electron chi connectivity index (χ4n) is 3.40. The highest BCUT2D eigenvalue weighted by atomic mass is 79.9. The molecule has 1 saturated heterocycles. The van der Waals surface area contributed by atoms with Crippen LogP contribution in [0.5, 0.6) is 11.5 Å². The first-order valence-corrected chi connectivity index (χ1v) is 12.9. The molecule has 7 nitrogen and oxygen atoms in total. The van der Waals surface area contributed by atoms with Crippen LogP contribution in [0.15, 0.2) is 76.1 Å². The van der Waals surface area contributed by atoms with Gasteiger partial charge in [-0.1, -0.05) is 18.2 Å². The number of nitrogens with zero attached hydrogens (tertiary/aromatic N) is 1. The van der Waals surface area contributed by atoms with Crippen molar-refractivity contribution in [2.24, 2.45) is 0 Å². The van der Waals surface area contributed by atoms with Crippen LogP contribution in [0.2, 0.25) is 0 Å². The maximum atomic E-state index is 13.1. The Bertz CT molecular complexity index is 1350. The number of carbonyl (C=O) groups is 3. The summed E-state index contributed by atoms with van der Waals surface area (Å²) in [7, 11) is 0. The fraction of sp³-hybridized carbons (Fsp3) is 0.148. The van der Waals surface area contributed by atoms with Crippen molar-refractivity contribution in [1.82, 2.24) is 4.90 Å². The van der Waals surface area contributed by atoms with Crippen molar-refractivity contribution in [2.45, 2.75) is 13.5 Å². The molecule has 190 valence electrons. The van der Waals surface area contributed by atoms with Crippen LogP contribution in [0.4, 0.5) is 14.9 Å². The third-order valence-corrected chi connectivity index (χ3v) is 6.71. The molecule has 3 aromatic rings. The zero-order valence-electron chi connectivity index (χ0n) is 19.7. The minimum Gasteiger partial charge on any atom is -0.494 e. The number of amides is 3. The molecular weight excluding hydrogens is 563 g/mol. The number of imide groups is 1. The minimum absolute atomic E-state index is 0.214. The Morgan fingerprint density at radius 3 is 2.46 bits per heavy atom. The van der Waals surface area contributed by atoms with E-state index in [4.69, 9.17) is 9.47 Å². The van der Waals surface area contributed by atoms with Gasteiger partial charge in [-0.2, -0.15) is 0 Å².